The Morgan fingerprint density at radius 3 is 2.18 bits per heavy atom. The molecule has 1 aliphatic rings. The molecular weight excluding hydrogens is 506 g/mol. The van der Waals surface area contributed by atoms with Crippen molar-refractivity contribution in [1.29, 1.82) is 0 Å². The van der Waals surface area contributed by atoms with E-state index in [1.165, 1.54) is 7.11 Å². The van der Waals surface area contributed by atoms with Crippen LogP contribution in [0.5, 0.6) is 0 Å². The number of aryl methyl sites for hydroxylation is 1. The first-order valence-electron chi connectivity index (χ1n) is 13.5. The fraction of sp³-hybridized carbons (Fsp3) is 0.242. The number of hydrogen-bond acceptors (Lipinski definition) is 4. The number of para-hydroxylation sites is 1. The van der Waals surface area contributed by atoms with E-state index in [0.29, 0.717) is 11.1 Å². The quantitative estimate of drug-likeness (QED) is 0.214. The van der Waals surface area contributed by atoms with Gasteiger partial charge in [-0.25, -0.2) is 17.2 Å². The summed E-state index contributed by atoms with van der Waals surface area (Å²) < 4.78 is 35.8. The van der Waals surface area contributed by atoms with Crippen LogP contribution in [-0.2, 0) is 14.8 Å². The molecule has 5 nitrogen and oxygen atoms in total. The third-order valence-electron chi connectivity index (χ3n) is 8.00. The fourth-order valence-corrected chi connectivity index (χ4v) is 7.74. The Morgan fingerprint density at radius 2 is 1.46 bits per heavy atom. The smallest absolute Gasteiger partial charge is 0.338 e. The number of rotatable bonds is 5. The van der Waals surface area contributed by atoms with Crippen LogP contribution in [-0.4, -0.2) is 25.5 Å². The van der Waals surface area contributed by atoms with Crippen LogP contribution in [0.25, 0.3) is 32.8 Å². The van der Waals surface area contributed by atoms with Crippen LogP contribution in [0.4, 0.5) is 0 Å². The molecule has 6 rings (SSSR count). The van der Waals surface area contributed by atoms with Gasteiger partial charge in [0, 0.05) is 28.1 Å². The van der Waals surface area contributed by atoms with Crippen molar-refractivity contribution in [1.82, 2.24) is 3.97 Å². The summed E-state index contributed by atoms with van der Waals surface area (Å²) in [5.41, 5.74) is 4.36. The molecule has 5 aromatic rings. The van der Waals surface area contributed by atoms with Gasteiger partial charge in [0.25, 0.3) is 10.0 Å². The van der Waals surface area contributed by atoms with Crippen molar-refractivity contribution < 1.29 is 17.9 Å². The van der Waals surface area contributed by atoms with E-state index in [1.54, 1.807) is 22.2 Å². The Kier molecular flexibility index (Phi) is 6.51. The molecule has 0 atom stereocenters. The third-order valence-corrected chi connectivity index (χ3v) is 9.74. The van der Waals surface area contributed by atoms with E-state index in [1.807, 2.05) is 73.7 Å². The van der Waals surface area contributed by atoms with Gasteiger partial charge in [0.2, 0.25) is 0 Å². The number of fused-ring (bicyclic) bond motifs is 2. The molecule has 0 N–H and O–H groups in total. The zero-order valence-electron chi connectivity index (χ0n) is 22.2. The summed E-state index contributed by atoms with van der Waals surface area (Å²) in [6, 6.07) is 26.4. The van der Waals surface area contributed by atoms with E-state index >= 15 is 0 Å². The highest BCUT2D eigenvalue weighted by atomic mass is 32.2. The maximum atomic E-state index is 14.5. The maximum Gasteiger partial charge on any atom is 0.338 e. The van der Waals surface area contributed by atoms with Gasteiger partial charge in [-0.05, 0) is 54.8 Å². The van der Waals surface area contributed by atoms with Crippen molar-refractivity contribution in [2.24, 2.45) is 0 Å². The van der Waals surface area contributed by atoms with E-state index in [9.17, 15) is 13.2 Å². The highest BCUT2D eigenvalue weighted by Crippen LogP contribution is 2.48. The predicted molar refractivity (Wildman–Crippen MR) is 156 cm³/mol. The van der Waals surface area contributed by atoms with Gasteiger partial charge in [-0.1, -0.05) is 85.5 Å². The van der Waals surface area contributed by atoms with Crippen LogP contribution < -0.4 is 0 Å². The second kappa shape index (κ2) is 10.0. The Labute approximate surface area is 229 Å². The molecule has 1 fully saturated rings. The Balaban J connectivity index is 1.79. The molecule has 0 aliphatic heterocycles. The normalized spacial score (nSPS) is 14.6. The van der Waals surface area contributed by atoms with Gasteiger partial charge >= 0.3 is 5.97 Å². The molecule has 0 amide bonds. The number of methoxy groups -OCH3 is 1. The number of nitrogens with zero attached hydrogens (tertiary/aromatic N) is 1. The molecule has 1 aliphatic carbocycles. The van der Waals surface area contributed by atoms with Crippen molar-refractivity contribution in [3.8, 4) is 11.1 Å². The lowest BCUT2D eigenvalue weighted by Gasteiger charge is -2.26. The second-order valence-electron chi connectivity index (χ2n) is 10.4. The summed E-state index contributed by atoms with van der Waals surface area (Å²) in [4.78, 5) is 13.4. The van der Waals surface area contributed by atoms with Crippen LogP contribution in [0.2, 0.25) is 0 Å². The average Bonchev–Trinajstić information content (AvgIpc) is 3.32. The molecule has 198 valence electrons. The standard InChI is InChI=1S/C33H31NO4S/c1-22-16-19-25(20-17-22)39(36,37)34-29-15-9-8-14-27(29)31(32(34)24-11-4-3-5-12-24)30-26-13-7-6-10-23(26)18-21-28(30)33(35)38-2/h6-10,13-21,24H,3-5,11-12H2,1-2H3. The van der Waals surface area contributed by atoms with Crippen molar-refractivity contribution in [3.05, 3.63) is 102 Å². The van der Waals surface area contributed by atoms with Gasteiger partial charge in [-0.2, -0.15) is 0 Å². The van der Waals surface area contributed by atoms with E-state index in [-0.39, 0.29) is 10.8 Å². The van der Waals surface area contributed by atoms with Crippen molar-refractivity contribution in [2.75, 3.05) is 7.11 Å². The van der Waals surface area contributed by atoms with Gasteiger partial charge in [0.05, 0.1) is 23.1 Å². The lowest BCUT2D eigenvalue weighted by Crippen LogP contribution is -2.19. The highest BCUT2D eigenvalue weighted by Gasteiger charge is 2.34. The van der Waals surface area contributed by atoms with E-state index in [0.717, 1.165) is 70.6 Å². The van der Waals surface area contributed by atoms with E-state index < -0.39 is 16.0 Å². The first kappa shape index (κ1) is 25.4. The molecule has 0 unspecified atom stereocenters. The largest absolute Gasteiger partial charge is 0.465 e. The Hall–Kier alpha value is -3.90. The SMILES string of the molecule is COC(=O)c1ccc2ccccc2c1-c1c(C2CCCCC2)n(S(=O)(=O)c2ccc(C)cc2)c2ccccc12. The lowest BCUT2D eigenvalue weighted by atomic mass is 9.82. The van der Waals surface area contributed by atoms with Crippen LogP contribution >= 0.6 is 0 Å². The molecular formula is C33H31NO4S. The summed E-state index contributed by atoms with van der Waals surface area (Å²) >= 11 is 0. The maximum absolute atomic E-state index is 14.5. The molecule has 1 saturated carbocycles. The monoisotopic (exact) mass is 537 g/mol. The molecule has 0 radical (unpaired) electrons. The number of hydrogen-bond donors (Lipinski definition) is 0. The van der Waals surface area contributed by atoms with Gasteiger partial charge in [0.1, 0.15) is 0 Å². The molecule has 1 heterocycles. The van der Waals surface area contributed by atoms with Crippen molar-refractivity contribution >= 4 is 37.7 Å². The van der Waals surface area contributed by atoms with Gasteiger partial charge < -0.3 is 4.74 Å². The lowest BCUT2D eigenvalue weighted by molar-refractivity contribution is 0.0602. The highest BCUT2D eigenvalue weighted by molar-refractivity contribution is 7.90. The molecule has 6 heteroatoms. The summed E-state index contributed by atoms with van der Waals surface area (Å²) in [6.45, 7) is 1.95. The van der Waals surface area contributed by atoms with Gasteiger partial charge in [0.15, 0.2) is 0 Å². The van der Waals surface area contributed by atoms with Crippen molar-refractivity contribution in [2.45, 2.75) is 49.8 Å². The molecule has 0 bridgehead atoms. The van der Waals surface area contributed by atoms with Crippen LogP contribution in [0.1, 0.15) is 59.6 Å². The summed E-state index contributed by atoms with van der Waals surface area (Å²) in [5, 5.41) is 2.69. The minimum absolute atomic E-state index is 0.0332. The molecule has 4 aromatic carbocycles. The number of esters is 1. The summed E-state index contributed by atoms with van der Waals surface area (Å²) in [6.07, 6.45) is 5.00. The topological polar surface area (TPSA) is 65.4 Å². The van der Waals surface area contributed by atoms with Crippen molar-refractivity contribution in [3.63, 3.8) is 0 Å². The minimum atomic E-state index is -3.94. The summed E-state index contributed by atoms with van der Waals surface area (Å²) in [7, 11) is -2.56. The van der Waals surface area contributed by atoms with Gasteiger partial charge in [-0.3, -0.25) is 0 Å². The number of ether oxygens (including phenoxy) is 1. The first-order valence-corrected chi connectivity index (χ1v) is 14.9. The molecule has 39 heavy (non-hydrogen) atoms. The molecule has 0 spiro atoms. The zero-order chi connectivity index (χ0) is 27.1. The van der Waals surface area contributed by atoms with Gasteiger partial charge in [-0.15, -0.1) is 0 Å². The zero-order valence-corrected chi connectivity index (χ0v) is 23.0. The van der Waals surface area contributed by atoms with E-state index in [2.05, 4.69) is 0 Å². The average molecular weight is 538 g/mol. The molecule has 0 saturated heterocycles. The third kappa shape index (κ3) is 4.23. The van der Waals surface area contributed by atoms with Crippen LogP contribution in [0.15, 0.2) is 89.8 Å². The number of carbonyl (C=O) groups is 1. The summed E-state index contributed by atoms with van der Waals surface area (Å²) in [5.74, 6) is -0.408. The Bertz CT molecular complexity index is 1810. The predicted octanol–water partition coefficient (Wildman–Crippen LogP) is 7.84. The Morgan fingerprint density at radius 1 is 0.795 bits per heavy atom. The van der Waals surface area contributed by atoms with Crippen LogP contribution in [0, 0.1) is 6.92 Å². The second-order valence-corrected chi connectivity index (χ2v) is 12.2. The first-order chi connectivity index (χ1) is 18.9. The number of aromatic nitrogens is 1. The molecule has 1 aromatic heterocycles. The fourth-order valence-electron chi connectivity index (χ4n) is 6.14. The minimum Gasteiger partial charge on any atom is -0.465 e. The number of benzene rings is 4. The number of carbonyl (C=O) groups excluding carboxylic acids is 1. The van der Waals surface area contributed by atoms with Crippen LogP contribution in [0.3, 0.4) is 0 Å². The van der Waals surface area contributed by atoms with E-state index in [4.69, 9.17) is 4.74 Å².